The first kappa shape index (κ1) is 14.4. The molecule has 0 radical (unpaired) electrons. The fourth-order valence-electron chi connectivity index (χ4n) is 2.62. The van der Waals surface area contributed by atoms with Gasteiger partial charge in [0, 0.05) is 13.1 Å². The molecule has 1 aliphatic heterocycles. The first-order chi connectivity index (χ1) is 9.52. The number of rotatable bonds is 3. The van der Waals surface area contributed by atoms with Gasteiger partial charge in [-0.15, -0.1) is 0 Å². The fraction of sp³-hybridized carbons (Fsp3) is 0.500. The molecule has 1 saturated heterocycles. The lowest BCUT2D eigenvalue weighted by atomic mass is 10.1. The lowest BCUT2D eigenvalue weighted by Gasteiger charge is -2.23. The molecule has 1 atom stereocenters. The van der Waals surface area contributed by atoms with E-state index in [1.165, 1.54) is 0 Å². The molecule has 1 amide bonds. The maximum absolute atomic E-state index is 12.2. The van der Waals surface area contributed by atoms with Gasteiger partial charge in [-0.2, -0.15) is 5.26 Å². The summed E-state index contributed by atoms with van der Waals surface area (Å²) in [4.78, 5) is 14.1. The molecule has 2 rings (SSSR count). The molecule has 0 saturated carbocycles. The Morgan fingerprint density at radius 1 is 1.30 bits per heavy atom. The van der Waals surface area contributed by atoms with Crippen molar-refractivity contribution < 1.29 is 9.53 Å². The Labute approximate surface area is 120 Å². The van der Waals surface area contributed by atoms with Gasteiger partial charge < -0.3 is 9.64 Å². The Hall–Kier alpha value is -2.02. The number of benzene rings is 1. The highest BCUT2D eigenvalue weighted by Crippen LogP contribution is 2.26. The molecular weight excluding hydrogens is 252 g/mol. The van der Waals surface area contributed by atoms with Gasteiger partial charge in [-0.3, -0.25) is 4.79 Å². The number of aryl methyl sites for hydroxylation is 2. The number of carbonyl (C=O) groups excluding carboxylic acids is 1. The normalized spacial score (nSPS) is 15.8. The molecule has 1 heterocycles. The van der Waals surface area contributed by atoms with Gasteiger partial charge in [-0.25, -0.2) is 0 Å². The van der Waals surface area contributed by atoms with Gasteiger partial charge in [0.25, 0.3) is 5.91 Å². The molecule has 1 unspecified atom stereocenters. The summed E-state index contributed by atoms with van der Waals surface area (Å²) < 4.78 is 5.85. The summed E-state index contributed by atoms with van der Waals surface area (Å²) in [5.74, 6) is 0.759. The highest BCUT2D eigenvalue weighted by atomic mass is 16.5. The van der Waals surface area contributed by atoms with Crippen molar-refractivity contribution in [3.63, 3.8) is 0 Å². The van der Waals surface area contributed by atoms with Crippen molar-refractivity contribution in [3.05, 3.63) is 28.8 Å². The van der Waals surface area contributed by atoms with Crippen LogP contribution in [0.25, 0.3) is 0 Å². The van der Waals surface area contributed by atoms with Crippen molar-refractivity contribution in [2.45, 2.75) is 39.7 Å². The van der Waals surface area contributed by atoms with Gasteiger partial charge in [0.2, 0.25) is 0 Å². The highest BCUT2D eigenvalue weighted by molar-refractivity contribution is 5.81. The summed E-state index contributed by atoms with van der Waals surface area (Å²) in [5.41, 5.74) is 2.40. The van der Waals surface area contributed by atoms with Crippen LogP contribution in [0.4, 0.5) is 0 Å². The number of hydrogen-bond donors (Lipinski definition) is 0. The largest absolute Gasteiger partial charge is 0.480 e. The lowest BCUT2D eigenvalue weighted by Crippen LogP contribution is -2.38. The molecule has 0 N–H and O–H groups in total. The minimum Gasteiger partial charge on any atom is -0.480 e. The monoisotopic (exact) mass is 272 g/mol. The molecule has 0 spiro atoms. The van der Waals surface area contributed by atoms with Crippen LogP contribution in [0.3, 0.4) is 0 Å². The van der Waals surface area contributed by atoms with Crippen LogP contribution in [0.2, 0.25) is 0 Å². The van der Waals surface area contributed by atoms with Crippen LogP contribution in [-0.4, -0.2) is 30.0 Å². The Kier molecular flexibility index (Phi) is 4.29. The van der Waals surface area contributed by atoms with Crippen molar-refractivity contribution in [2.75, 3.05) is 13.1 Å². The van der Waals surface area contributed by atoms with E-state index in [0.29, 0.717) is 11.3 Å². The number of hydrogen-bond acceptors (Lipinski definition) is 3. The predicted molar refractivity (Wildman–Crippen MR) is 76.5 cm³/mol. The molecule has 0 bridgehead atoms. The van der Waals surface area contributed by atoms with E-state index in [-0.39, 0.29) is 5.91 Å². The Bertz CT molecular complexity index is 531. The third kappa shape index (κ3) is 2.93. The van der Waals surface area contributed by atoms with E-state index in [2.05, 4.69) is 6.07 Å². The zero-order valence-electron chi connectivity index (χ0n) is 12.3. The maximum Gasteiger partial charge on any atom is 0.263 e. The third-order valence-electron chi connectivity index (χ3n) is 3.65. The van der Waals surface area contributed by atoms with Gasteiger partial charge in [-0.05, 0) is 56.9 Å². The Balaban J connectivity index is 2.13. The maximum atomic E-state index is 12.2. The standard InChI is InChI=1S/C16H20N2O2/c1-11-8-14(10-17)9-12(2)15(11)20-13(3)16(19)18-6-4-5-7-18/h8-9,13H,4-7H2,1-3H3. The number of ether oxygens (including phenoxy) is 1. The molecule has 0 aliphatic carbocycles. The SMILES string of the molecule is Cc1cc(C#N)cc(C)c1OC(C)C(=O)N1CCCC1. The van der Waals surface area contributed by atoms with Crippen LogP contribution in [0.5, 0.6) is 5.75 Å². The van der Waals surface area contributed by atoms with Gasteiger partial charge in [0.15, 0.2) is 6.10 Å². The molecule has 1 aromatic rings. The van der Waals surface area contributed by atoms with E-state index in [4.69, 9.17) is 10.00 Å². The molecule has 1 aliphatic rings. The number of nitriles is 1. The quantitative estimate of drug-likeness (QED) is 0.849. The molecular formula is C16H20N2O2. The third-order valence-corrected chi connectivity index (χ3v) is 3.65. The van der Waals surface area contributed by atoms with Gasteiger partial charge in [0.05, 0.1) is 11.6 Å². The summed E-state index contributed by atoms with van der Waals surface area (Å²) in [6.07, 6.45) is 1.67. The number of likely N-dealkylation sites (tertiary alicyclic amines) is 1. The molecule has 1 fully saturated rings. The summed E-state index contributed by atoms with van der Waals surface area (Å²) in [6.45, 7) is 7.25. The lowest BCUT2D eigenvalue weighted by molar-refractivity contribution is -0.136. The first-order valence-electron chi connectivity index (χ1n) is 6.99. The van der Waals surface area contributed by atoms with Crippen LogP contribution in [0, 0.1) is 25.2 Å². The molecule has 106 valence electrons. The topological polar surface area (TPSA) is 53.3 Å². The second kappa shape index (κ2) is 5.96. The van der Waals surface area contributed by atoms with Crippen LogP contribution < -0.4 is 4.74 Å². The minimum absolute atomic E-state index is 0.0469. The molecule has 20 heavy (non-hydrogen) atoms. The van der Waals surface area contributed by atoms with Crippen molar-refractivity contribution in [1.82, 2.24) is 4.90 Å². The fourth-order valence-corrected chi connectivity index (χ4v) is 2.62. The summed E-state index contributed by atoms with van der Waals surface area (Å²) in [7, 11) is 0. The van der Waals surface area contributed by atoms with Crippen molar-refractivity contribution in [1.29, 1.82) is 5.26 Å². The number of amides is 1. The highest BCUT2D eigenvalue weighted by Gasteiger charge is 2.25. The van der Waals surface area contributed by atoms with Crippen molar-refractivity contribution >= 4 is 5.91 Å². The average Bonchev–Trinajstić information content (AvgIpc) is 2.95. The van der Waals surface area contributed by atoms with E-state index in [1.54, 1.807) is 19.1 Å². The zero-order chi connectivity index (χ0) is 14.7. The van der Waals surface area contributed by atoms with Crippen LogP contribution in [-0.2, 0) is 4.79 Å². The second-order valence-electron chi connectivity index (χ2n) is 5.34. The van der Waals surface area contributed by atoms with E-state index in [9.17, 15) is 4.79 Å². The first-order valence-corrected chi connectivity index (χ1v) is 6.99. The second-order valence-corrected chi connectivity index (χ2v) is 5.34. The van der Waals surface area contributed by atoms with Gasteiger partial charge >= 0.3 is 0 Å². The van der Waals surface area contributed by atoms with Gasteiger partial charge in [-0.1, -0.05) is 0 Å². The Morgan fingerprint density at radius 3 is 2.35 bits per heavy atom. The van der Waals surface area contributed by atoms with Crippen LogP contribution >= 0.6 is 0 Å². The molecule has 1 aromatic carbocycles. The van der Waals surface area contributed by atoms with Crippen molar-refractivity contribution in [2.24, 2.45) is 0 Å². The molecule has 0 aromatic heterocycles. The molecule has 4 nitrogen and oxygen atoms in total. The number of carbonyl (C=O) groups is 1. The van der Waals surface area contributed by atoms with E-state index < -0.39 is 6.10 Å². The summed E-state index contributed by atoms with van der Waals surface area (Å²) >= 11 is 0. The van der Waals surface area contributed by atoms with E-state index >= 15 is 0 Å². The van der Waals surface area contributed by atoms with Crippen molar-refractivity contribution in [3.8, 4) is 11.8 Å². The predicted octanol–water partition coefficient (Wildman–Crippen LogP) is 2.56. The average molecular weight is 272 g/mol. The molecule has 4 heteroatoms. The minimum atomic E-state index is -0.488. The van der Waals surface area contributed by atoms with E-state index in [1.807, 2.05) is 18.7 Å². The zero-order valence-corrected chi connectivity index (χ0v) is 12.3. The number of nitrogens with zero attached hydrogens (tertiary/aromatic N) is 2. The van der Waals surface area contributed by atoms with Gasteiger partial charge in [0.1, 0.15) is 5.75 Å². The summed E-state index contributed by atoms with van der Waals surface area (Å²) in [6, 6.07) is 5.70. The van der Waals surface area contributed by atoms with Crippen LogP contribution in [0.1, 0.15) is 36.5 Å². The van der Waals surface area contributed by atoms with E-state index in [0.717, 1.165) is 37.1 Å². The summed E-state index contributed by atoms with van der Waals surface area (Å²) in [5, 5.41) is 8.94. The van der Waals surface area contributed by atoms with Crippen LogP contribution in [0.15, 0.2) is 12.1 Å². The Morgan fingerprint density at radius 2 is 1.85 bits per heavy atom. The smallest absolute Gasteiger partial charge is 0.263 e.